The van der Waals surface area contributed by atoms with Crippen molar-refractivity contribution in [1.82, 2.24) is 9.13 Å². The largest absolute Gasteiger partial charge is 0.500 e. The van der Waals surface area contributed by atoms with Crippen molar-refractivity contribution in [3.63, 3.8) is 0 Å². The van der Waals surface area contributed by atoms with Gasteiger partial charge in [0, 0.05) is 20.2 Å². The highest BCUT2D eigenvalue weighted by Crippen LogP contribution is 2.37. The highest BCUT2D eigenvalue weighted by Gasteiger charge is 2.21. The second-order valence-electron chi connectivity index (χ2n) is 5.45. The molecule has 11 nitrogen and oxygen atoms in total. The number of allylic oxidation sites excluding steroid dienone is 1. The predicted molar refractivity (Wildman–Crippen MR) is 93.3 cm³/mol. The quantitative estimate of drug-likeness (QED) is 0.326. The fourth-order valence-electron chi connectivity index (χ4n) is 2.31. The number of methoxy groups -OCH3 is 1. The Balaban J connectivity index is 2.53. The molecule has 0 unspecified atom stereocenters. The summed E-state index contributed by atoms with van der Waals surface area (Å²) >= 11 is 0. The van der Waals surface area contributed by atoms with Crippen LogP contribution in [0.3, 0.4) is 0 Å². The number of nitro groups is 1. The van der Waals surface area contributed by atoms with Crippen molar-refractivity contribution < 1.29 is 24.7 Å². The molecule has 27 heavy (non-hydrogen) atoms. The van der Waals surface area contributed by atoms with E-state index >= 15 is 0 Å². The van der Waals surface area contributed by atoms with Crippen LogP contribution in [0.1, 0.15) is 15.9 Å². The molecule has 0 atom stereocenters. The summed E-state index contributed by atoms with van der Waals surface area (Å²) in [5.41, 5.74) is -2.93. The van der Waals surface area contributed by atoms with Crippen LogP contribution in [0.25, 0.3) is 6.08 Å². The second-order valence-corrected chi connectivity index (χ2v) is 5.45. The summed E-state index contributed by atoms with van der Waals surface area (Å²) in [5, 5.41) is 30.7. The minimum atomic E-state index is -0.987. The zero-order chi connectivity index (χ0) is 20.5. The van der Waals surface area contributed by atoms with Gasteiger partial charge in [-0.05, 0) is 17.7 Å². The Morgan fingerprint density at radius 2 is 1.85 bits per heavy atom. The highest BCUT2D eigenvalue weighted by molar-refractivity contribution is 6.08. The Morgan fingerprint density at radius 1 is 1.22 bits per heavy atom. The summed E-state index contributed by atoms with van der Waals surface area (Å²) in [5.74, 6) is -2.57. The summed E-state index contributed by atoms with van der Waals surface area (Å²) in [4.78, 5) is 46.3. The minimum Gasteiger partial charge on any atom is -0.500 e. The Morgan fingerprint density at radius 3 is 2.41 bits per heavy atom. The molecule has 11 heteroatoms. The molecule has 0 radical (unpaired) electrons. The monoisotopic (exact) mass is 377 g/mol. The molecule has 1 aromatic carbocycles. The Bertz CT molecular complexity index is 1090. The smallest absolute Gasteiger partial charge is 0.333 e. The van der Waals surface area contributed by atoms with Gasteiger partial charge in [0.1, 0.15) is 5.56 Å². The molecule has 2 aromatic rings. The van der Waals surface area contributed by atoms with E-state index in [1.165, 1.54) is 20.2 Å². The van der Waals surface area contributed by atoms with E-state index in [0.29, 0.717) is 4.57 Å². The molecule has 142 valence electrons. The molecule has 0 aliphatic carbocycles. The van der Waals surface area contributed by atoms with Gasteiger partial charge in [0.15, 0.2) is 11.5 Å². The molecule has 0 amide bonds. The fraction of sp³-hybridized carbons (Fsp3) is 0.188. The van der Waals surface area contributed by atoms with Gasteiger partial charge < -0.3 is 14.9 Å². The van der Waals surface area contributed by atoms with E-state index in [1.54, 1.807) is 0 Å². The number of ketones is 1. The van der Waals surface area contributed by atoms with Crippen LogP contribution in [-0.2, 0) is 14.1 Å². The van der Waals surface area contributed by atoms with Gasteiger partial charge >= 0.3 is 11.4 Å². The van der Waals surface area contributed by atoms with Crippen molar-refractivity contribution in [3.05, 3.63) is 60.3 Å². The normalized spacial score (nSPS) is 10.9. The van der Waals surface area contributed by atoms with Gasteiger partial charge in [-0.15, -0.1) is 0 Å². The summed E-state index contributed by atoms with van der Waals surface area (Å²) in [6.07, 6.45) is 2.04. The highest BCUT2D eigenvalue weighted by atomic mass is 16.6. The van der Waals surface area contributed by atoms with Gasteiger partial charge in [0.25, 0.3) is 5.56 Å². The molecule has 0 spiro atoms. The van der Waals surface area contributed by atoms with Gasteiger partial charge in [0.05, 0.1) is 12.0 Å². The number of nitro benzene ring substituents is 1. The van der Waals surface area contributed by atoms with Crippen LogP contribution in [0.5, 0.6) is 17.4 Å². The van der Waals surface area contributed by atoms with Crippen LogP contribution in [0.2, 0.25) is 0 Å². The number of nitrogens with zero attached hydrogens (tertiary/aromatic N) is 3. The average molecular weight is 377 g/mol. The predicted octanol–water partition coefficient (Wildman–Crippen LogP) is 0.308. The number of aromatic nitrogens is 2. The van der Waals surface area contributed by atoms with Crippen LogP contribution >= 0.6 is 0 Å². The summed E-state index contributed by atoms with van der Waals surface area (Å²) < 4.78 is 6.24. The van der Waals surface area contributed by atoms with Crippen molar-refractivity contribution in [1.29, 1.82) is 0 Å². The molecular formula is C16H15N3O8. The lowest BCUT2D eigenvalue weighted by atomic mass is 10.1. The van der Waals surface area contributed by atoms with E-state index in [4.69, 9.17) is 4.74 Å². The van der Waals surface area contributed by atoms with Gasteiger partial charge in [-0.3, -0.25) is 28.8 Å². The minimum absolute atomic E-state index is 0.130. The molecule has 1 aromatic heterocycles. The molecule has 0 fully saturated rings. The number of hydrogen-bond acceptors (Lipinski definition) is 8. The number of phenolic OH excluding ortho intramolecular Hbond substituents is 1. The second kappa shape index (κ2) is 7.15. The average Bonchev–Trinajstić information content (AvgIpc) is 2.63. The SMILES string of the molecule is COc1cc(C=CC(=O)c2c(O)n(C)c(=O)n(C)c2=O)cc([N+](=O)[O-])c1O. The maximum atomic E-state index is 12.3. The van der Waals surface area contributed by atoms with Gasteiger partial charge in [-0.1, -0.05) is 6.08 Å². The zero-order valence-corrected chi connectivity index (χ0v) is 14.5. The number of hydrogen-bond donors (Lipinski definition) is 2. The molecular weight excluding hydrogens is 362 g/mol. The lowest BCUT2D eigenvalue weighted by molar-refractivity contribution is -0.386. The summed E-state index contributed by atoms with van der Waals surface area (Å²) in [6.45, 7) is 0. The Hall–Kier alpha value is -3.89. The first-order valence-electron chi connectivity index (χ1n) is 7.36. The van der Waals surface area contributed by atoms with Gasteiger partial charge in [-0.25, -0.2) is 4.79 Å². The first kappa shape index (κ1) is 19.4. The first-order chi connectivity index (χ1) is 12.6. The zero-order valence-electron chi connectivity index (χ0n) is 14.5. The van der Waals surface area contributed by atoms with E-state index in [9.17, 15) is 34.7 Å². The molecule has 0 saturated heterocycles. The number of phenols is 1. The van der Waals surface area contributed by atoms with Crippen molar-refractivity contribution in [2.45, 2.75) is 0 Å². The van der Waals surface area contributed by atoms with E-state index in [0.717, 1.165) is 29.8 Å². The maximum absolute atomic E-state index is 12.3. The van der Waals surface area contributed by atoms with Crippen molar-refractivity contribution >= 4 is 17.5 Å². The topological polar surface area (TPSA) is 154 Å². The Labute approximate surface area is 151 Å². The van der Waals surface area contributed by atoms with E-state index in [-0.39, 0.29) is 11.3 Å². The van der Waals surface area contributed by atoms with Crippen molar-refractivity contribution in [2.75, 3.05) is 7.11 Å². The summed E-state index contributed by atoms with van der Waals surface area (Å²) in [7, 11) is 3.54. The number of benzene rings is 1. The third-order valence-electron chi connectivity index (χ3n) is 3.80. The standard InChI is InChI=1S/C16H15N3O8/c1-17-14(22)12(15(23)18(2)16(17)24)10(20)5-4-8-6-9(19(25)26)13(21)11(7-8)27-3/h4-7,21-22H,1-3H3. The molecule has 0 aliphatic heterocycles. The number of rotatable bonds is 5. The molecule has 1 heterocycles. The molecule has 0 aliphatic rings. The van der Waals surface area contributed by atoms with Crippen molar-refractivity contribution in [3.8, 4) is 17.4 Å². The third kappa shape index (κ3) is 3.42. The number of carbonyl (C=O) groups is 1. The van der Waals surface area contributed by atoms with Crippen LogP contribution < -0.4 is 16.0 Å². The molecule has 2 rings (SSSR count). The van der Waals surface area contributed by atoms with E-state index in [1.807, 2.05) is 0 Å². The number of aromatic hydroxyl groups is 2. The molecule has 2 N–H and O–H groups in total. The fourth-order valence-corrected chi connectivity index (χ4v) is 2.31. The van der Waals surface area contributed by atoms with Crippen LogP contribution in [0.4, 0.5) is 5.69 Å². The van der Waals surface area contributed by atoms with E-state index in [2.05, 4.69) is 0 Å². The van der Waals surface area contributed by atoms with Crippen LogP contribution in [0, 0.1) is 10.1 Å². The van der Waals surface area contributed by atoms with Gasteiger partial charge in [0.2, 0.25) is 11.6 Å². The number of ether oxygens (including phenoxy) is 1. The van der Waals surface area contributed by atoms with Crippen LogP contribution in [0.15, 0.2) is 27.8 Å². The number of carbonyl (C=O) groups excluding carboxylic acids is 1. The summed E-state index contributed by atoms with van der Waals surface area (Å²) in [6, 6.07) is 2.24. The third-order valence-corrected chi connectivity index (χ3v) is 3.80. The first-order valence-corrected chi connectivity index (χ1v) is 7.36. The van der Waals surface area contributed by atoms with E-state index < -0.39 is 44.8 Å². The molecule has 0 saturated carbocycles. The lowest BCUT2D eigenvalue weighted by Crippen LogP contribution is -2.39. The maximum Gasteiger partial charge on any atom is 0.333 e. The molecule has 0 bridgehead atoms. The Kier molecular flexibility index (Phi) is 5.15. The van der Waals surface area contributed by atoms with Crippen molar-refractivity contribution in [2.24, 2.45) is 14.1 Å². The van der Waals surface area contributed by atoms with Crippen LogP contribution in [-0.4, -0.2) is 37.2 Å². The van der Waals surface area contributed by atoms with Gasteiger partial charge in [-0.2, -0.15) is 0 Å². The lowest BCUT2D eigenvalue weighted by Gasteiger charge is -2.08.